The Kier molecular flexibility index (Phi) is 5.18. The standard InChI is InChI=1S/C22H17N5OS/c1-2-20-25-26-22(29-20)24-21(28)17(14-23)13-18-8-5-11-27(18)19-10-9-15-6-3-4-7-16(15)12-19/h3-13H,2H2,1H3,(H,24,26,28). The summed E-state index contributed by atoms with van der Waals surface area (Å²) in [6.45, 7) is 1.97. The third-order valence-corrected chi connectivity index (χ3v) is 5.42. The number of rotatable bonds is 5. The lowest BCUT2D eigenvalue weighted by atomic mass is 10.1. The van der Waals surface area contributed by atoms with Crippen molar-refractivity contribution >= 4 is 39.2 Å². The number of aryl methyl sites for hydroxylation is 1. The van der Waals surface area contributed by atoms with Gasteiger partial charge in [-0.1, -0.05) is 48.6 Å². The zero-order valence-corrected chi connectivity index (χ0v) is 16.5. The average Bonchev–Trinajstić information content (AvgIpc) is 3.40. The first-order chi connectivity index (χ1) is 14.2. The minimum Gasteiger partial charge on any atom is -0.317 e. The van der Waals surface area contributed by atoms with Gasteiger partial charge in [0.15, 0.2) is 0 Å². The summed E-state index contributed by atoms with van der Waals surface area (Å²) >= 11 is 1.30. The molecule has 142 valence electrons. The van der Waals surface area contributed by atoms with Crippen LogP contribution in [0.3, 0.4) is 0 Å². The Morgan fingerprint density at radius 3 is 2.76 bits per heavy atom. The Bertz CT molecular complexity index is 1260. The number of anilines is 1. The molecule has 0 saturated heterocycles. The molecule has 0 saturated carbocycles. The average molecular weight is 399 g/mol. The van der Waals surface area contributed by atoms with Gasteiger partial charge in [0.1, 0.15) is 16.6 Å². The predicted molar refractivity (Wildman–Crippen MR) is 115 cm³/mol. The quantitative estimate of drug-likeness (QED) is 0.393. The molecule has 6 nitrogen and oxygen atoms in total. The number of aromatic nitrogens is 3. The van der Waals surface area contributed by atoms with Crippen molar-refractivity contribution in [1.82, 2.24) is 14.8 Å². The molecule has 29 heavy (non-hydrogen) atoms. The Labute approximate surface area is 171 Å². The van der Waals surface area contributed by atoms with Gasteiger partial charge in [-0.15, -0.1) is 10.2 Å². The summed E-state index contributed by atoms with van der Waals surface area (Å²) < 4.78 is 1.94. The molecule has 4 rings (SSSR count). The number of fused-ring (bicyclic) bond motifs is 1. The Morgan fingerprint density at radius 2 is 2.00 bits per heavy atom. The topological polar surface area (TPSA) is 83.6 Å². The van der Waals surface area contributed by atoms with E-state index in [0.29, 0.717) is 5.13 Å². The van der Waals surface area contributed by atoms with Gasteiger partial charge >= 0.3 is 0 Å². The number of nitrogens with one attached hydrogen (secondary N) is 1. The molecule has 0 aliphatic rings. The summed E-state index contributed by atoms with van der Waals surface area (Å²) in [5.74, 6) is -0.502. The molecular formula is C22H17N5OS. The van der Waals surface area contributed by atoms with Crippen molar-refractivity contribution in [3.8, 4) is 11.8 Å². The molecule has 0 spiro atoms. The van der Waals surface area contributed by atoms with Crippen LogP contribution in [0.2, 0.25) is 0 Å². The normalized spacial score (nSPS) is 11.4. The van der Waals surface area contributed by atoms with Crippen molar-refractivity contribution < 1.29 is 4.79 Å². The van der Waals surface area contributed by atoms with Crippen molar-refractivity contribution in [2.75, 3.05) is 5.32 Å². The highest BCUT2D eigenvalue weighted by Gasteiger charge is 2.14. The zero-order valence-electron chi connectivity index (χ0n) is 15.7. The molecule has 0 aliphatic carbocycles. The fraction of sp³-hybridized carbons (Fsp3) is 0.0909. The molecule has 2 aromatic carbocycles. The maximum atomic E-state index is 12.5. The number of carbonyl (C=O) groups excluding carboxylic acids is 1. The van der Waals surface area contributed by atoms with Crippen LogP contribution < -0.4 is 5.32 Å². The van der Waals surface area contributed by atoms with E-state index in [1.165, 1.54) is 11.3 Å². The van der Waals surface area contributed by atoms with Crippen LogP contribution in [0.1, 0.15) is 17.6 Å². The van der Waals surface area contributed by atoms with Crippen molar-refractivity contribution in [3.63, 3.8) is 0 Å². The minimum absolute atomic E-state index is 0.000937. The molecule has 0 bridgehead atoms. The first-order valence-corrected chi connectivity index (χ1v) is 9.91. The van der Waals surface area contributed by atoms with Gasteiger partial charge in [0.2, 0.25) is 5.13 Å². The first-order valence-electron chi connectivity index (χ1n) is 9.10. The van der Waals surface area contributed by atoms with E-state index in [4.69, 9.17) is 0 Å². The molecule has 7 heteroatoms. The Balaban J connectivity index is 1.64. The second-order valence-corrected chi connectivity index (χ2v) is 7.38. The predicted octanol–water partition coefficient (Wildman–Crippen LogP) is 4.59. The number of nitriles is 1. The number of hydrogen-bond donors (Lipinski definition) is 1. The van der Waals surface area contributed by atoms with E-state index >= 15 is 0 Å². The lowest BCUT2D eigenvalue weighted by Crippen LogP contribution is -2.13. The number of hydrogen-bond acceptors (Lipinski definition) is 5. The van der Waals surface area contributed by atoms with Crippen LogP contribution in [0.25, 0.3) is 22.5 Å². The molecule has 4 aromatic rings. The highest BCUT2D eigenvalue weighted by Crippen LogP contribution is 2.22. The van der Waals surface area contributed by atoms with E-state index in [1.807, 2.05) is 54.1 Å². The smallest absolute Gasteiger partial charge is 0.268 e. The molecule has 0 fully saturated rings. The van der Waals surface area contributed by atoms with Gasteiger partial charge in [0, 0.05) is 17.6 Å². The van der Waals surface area contributed by atoms with Gasteiger partial charge in [0.25, 0.3) is 5.91 Å². The summed E-state index contributed by atoms with van der Waals surface area (Å²) in [7, 11) is 0. The fourth-order valence-electron chi connectivity index (χ4n) is 2.98. The van der Waals surface area contributed by atoms with E-state index in [-0.39, 0.29) is 5.57 Å². The maximum Gasteiger partial charge on any atom is 0.268 e. The SMILES string of the molecule is CCc1nnc(NC(=O)C(C#N)=Cc2cccn2-c2ccc3ccccc3c2)s1. The van der Waals surface area contributed by atoms with Gasteiger partial charge in [-0.3, -0.25) is 10.1 Å². The third-order valence-electron chi connectivity index (χ3n) is 4.44. The first kappa shape index (κ1) is 18.6. The lowest BCUT2D eigenvalue weighted by molar-refractivity contribution is -0.112. The van der Waals surface area contributed by atoms with Gasteiger partial charge in [-0.2, -0.15) is 5.26 Å². The van der Waals surface area contributed by atoms with Crippen LogP contribution in [0.4, 0.5) is 5.13 Å². The Hall–Kier alpha value is -3.76. The van der Waals surface area contributed by atoms with E-state index in [2.05, 4.69) is 39.8 Å². The molecular weight excluding hydrogens is 382 g/mol. The van der Waals surface area contributed by atoms with Crippen molar-refractivity contribution in [3.05, 3.63) is 77.1 Å². The molecule has 2 aromatic heterocycles. The summed E-state index contributed by atoms with van der Waals surface area (Å²) in [4.78, 5) is 12.5. The highest BCUT2D eigenvalue weighted by atomic mass is 32.1. The summed E-state index contributed by atoms with van der Waals surface area (Å²) in [6, 6.07) is 20.0. The summed E-state index contributed by atoms with van der Waals surface area (Å²) in [5, 5.41) is 23.5. The molecule has 0 aliphatic heterocycles. The molecule has 1 amide bonds. The van der Waals surface area contributed by atoms with Crippen molar-refractivity contribution in [2.45, 2.75) is 13.3 Å². The summed E-state index contributed by atoms with van der Waals surface area (Å²) in [5.41, 5.74) is 1.69. The van der Waals surface area contributed by atoms with Crippen LogP contribution in [0.15, 0.2) is 66.4 Å². The number of carbonyl (C=O) groups is 1. The van der Waals surface area contributed by atoms with Crippen molar-refractivity contribution in [1.29, 1.82) is 5.26 Å². The van der Waals surface area contributed by atoms with Crippen LogP contribution in [0, 0.1) is 11.3 Å². The van der Waals surface area contributed by atoms with Crippen LogP contribution in [-0.2, 0) is 11.2 Å². The second kappa shape index (κ2) is 8.09. The van der Waals surface area contributed by atoms with Gasteiger partial charge in [0.05, 0.1) is 0 Å². The van der Waals surface area contributed by atoms with Crippen LogP contribution in [-0.4, -0.2) is 20.7 Å². The fourth-order valence-corrected chi connectivity index (χ4v) is 3.66. The maximum absolute atomic E-state index is 12.5. The number of nitrogens with zero attached hydrogens (tertiary/aromatic N) is 4. The molecule has 1 N–H and O–H groups in total. The van der Waals surface area contributed by atoms with E-state index in [9.17, 15) is 10.1 Å². The third kappa shape index (κ3) is 3.93. The van der Waals surface area contributed by atoms with Gasteiger partial charge in [-0.25, -0.2) is 0 Å². The summed E-state index contributed by atoms with van der Waals surface area (Å²) in [6.07, 6.45) is 4.22. The zero-order chi connectivity index (χ0) is 20.2. The Morgan fingerprint density at radius 1 is 1.17 bits per heavy atom. The number of benzene rings is 2. The van der Waals surface area contributed by atoms with Crippen molar-refractivity contribution in [2.24, 2.45) is 0 Å². The minimum atomic E-state index is -0.502. The second-order valence-electron chi connectivity index (χ2n) is 6.31. The van der Waals surface area contributed by atoms with E-state index in [1.54, 1.807) is 6.08 Å². The largest absolute Gasteiger partial charge is 0.317 e. The van der Waals surface area contributed by atoms with E-state index < -0.39 is 5.91 Å². The van der Waals surface area contributed by atoms with E-state index in [0.717, 1.165) is 33.6 Å². The van der Waals surface area contributed by atoms with Gasteiger partial charge < -0.3 is 4.57 Å². The lowest BCUT2D eigenvalue weighted by Gasteiger charge is -2.09. The highest BCUT2D eigenvalue weighted by molar-refractivity contribution is 7.15. The molecule has 0 radical (unpaired) electrons. The van der Waals surface area contributed by atoms with Crippen LogP contribution in [0.5, 0.6) is 0 Å². The molecule has 0 unspecified atom stereocenters. The van der Waals surface area contributed by atoms with Gasteiger partial charge in [-0.05, 0) is 47.5 Å². The monoisotopic (exact) mass is 399 g/mol. The molecule has 2 heterocycles. The number of amides is 1. The van der Waals surface area contributed by atoms with Crippen LogP contribution >= 0.6 is 11.3 Å². The molecule has 0 atom stereocenters.